The van der Waals surface area contributed by atoms with Crippen molar-refractivity contribution in [3.8, 4) is 0 Å². The maximum atomic E-state index is 2.31. The van der Waals surface area contributed by atoms with Gasteiger partial charge in [0.25, 0.3) is 0 Å². The molecule has 1 rings (SSSR count). The molecule has 0 nitrogen and oxygen atoms in total. The molecule has 0 spiro atoms. The Morgan fingerprint density at radius 2 is 1.76 bits per heavy atom. The summed E-state index contributed by atoms with van der Waals surface area (Å²) in [5.74, 6) is 0.744. The average molecular weight is 228 g/mol. The van der Waals surface area contributed by atoms with Crippen LogP contribution in [0.4, 0.5) is 0 Å². The molecular formula is C17H24. The van der Waals surface area contributed by atoms with Crippen LogP contribution in [-0.2, 0) is 6.42 Å². The minimum atomic E-state index is 0.744. The molecule has 0 N–H and O–H groups in total. The van der Waals surface area contributed by atoms with Crippen LogP contribution in [0.25, 0.3) is 0 Å². The first-order chi connectivity index (χ1) is 8.08. The summed E-state index contributed by atoms with van der Waals surface area (Å²) >= 11 is 0. The molecule has 92 valence electrons. The second-order valence-corrected chi connectivity index (χ2v) is 5.23. The van der Waals surface area contributed by atoms with Gasteiger partial charge in [0.15, 0.2) is 0 Å². The molecule has 0 heterocycles. The van der Waals surface area contributed by atoms with Crippen molar-refractivity contribution < 1.29 is 0 Å². The monoisotopic (exact) mass is 228 g/mol. The topological polar surface area (TPSA) is 0 Å². The molecule has 0 unspecified atom stereocenters. The number of benzene rings is 1. The standard InChI is InChI=1S/C17H24/c1-14(2)12-16(4)13-15(3)10-11-17-8-6-5-7-9-17/h5-10,13-14H,11-12H2,1-4H3. The molecule has 17 heavy (non-hydrogen) atoms. The maximum absolute atomic E-state index is 2.31. The fourth-order valence-corrected chi connectivity index (χ4v) is 2.04. The highest BCUT2D eigenvalue weighted by Crippen LogP contribution is 2.13. The van der Waals surface area contributed by atoms with Gasteiger partial charge in [-0.1, -0.05) is 67.5 Å². The third-order valence-corrected chi connectivity index (χ3v) is 2.71. The molecule has 0 saturated heterocycles. The Morgan fingerprint density at radius 1 is 1.12 bits per heavy atom. The van der Waals surface area contributed by atoms with Gasteiger partial charge in [0.05, 0.1) is 0 Å². The van der Waals surface area contributed by atoms with Gasteiger partial charge in [0.2, 0.25) is 0 Å². The Balaban J connectivity index is 2.55. The fourth-order valence-electron chi connectivity index (χ4n) is 2.04. The van der Waals surface area contributed by atoms with Gasteiger partial charge in [-0.3, -0.25) is 0 Å². The van der Waals surface area contributed by atoms with E-state index in [-0.39, 0.29) is 0 Å². The van der Waals surface area contributed by atoms with Crippen LogP contribution >= 0.6 is 0 Å². The number of hydrogen-bond acceptors (Lipinski definition) is 0. The second kappa shape index (κ2) is 7.11. The Morgan fingerprint density at radius 3 is 2.35 bits per heavy atom. The quantitative estimate of drug-likeness (QED) is 0.610. The summed E-state index contributed by atoms with van der Waals surface area (Å²) in [4.78, 5) is 0. The predicted octanol–water partition coefficient (Wildman–Crippen LogP) is 5.17. The Hall–Kier alpha value is -1.30. The van der Waals surface area contributed by atoms with E-state index in [2.05, 4.69) is 70.2 Å². The molecule has 1 aromatic carbocycles. The van der Waals surface area contributed by atoms with Gasteiger partial charge in [-0.2, -0.15) is 0 Å². The fraction of sp³-hybridized carbons (Fsp3) is 0.412. The number of rotatable bonds is 5. The highest BCUT2D eigenvalue weighted by molar-refractivity contribution is 5.25. The minimum Gasteiger partial charge on any atom is -0.0772 e. The van der Waals surface area contributed by atoms with E-state index in [9.17, 15) is 0 Å². The van der Waals surface area contributed by atoms with E-state index in [0.717, 1.165) is 12.3 Å². The summed E-state index contributed by atoms with van der Waals surface area (Å²) in [6, 6.07) is 10.6. The Kier molecular flexibility index (Phi) is 5.76. The first-order valence-corrected chi connectivity index (χ1v) is 6.46. The summed E-state index contributed by atoms with van der Waals surface area (Å²) in [5, 5.41) is 0. The van der Waals surface area contributed by atoms with E-state index in [1.807, 2.05) is 0 Å². The molecule has 0 saturated carbocycles. The molecular weight excluding hydrogens is 204 g/mol. The summed E-state index contributed by atoms with van der Waals surface area (Å²) in [6.45, 7) is 8.94. The van der Waals surface area contributed by atoms with Crippen molar-refractivity contribution >= 4 is 0 Å². The summed E-state index contributed by atoms with van der Waals surface area (Å²) < 4.78 is 0. The average Bonchev–Trinajstić information content (AvgIpc) is 2.26. The smallest absolute Gasteiger partial charge is 0.00917 e. The third-order valence-electron chi connectivity index (χ3n) is 2.71. The van der Waals surface area contributed by atoms with Gasteiger partial charge in [0, 0.05) is 0 Å². The molecule has 0 amide bonds. The van der Waals surface area contributed by atoms with Crippen molar-refractivity contribution in [2.24, 2.45) is 5.92 Å². The largest absolute Gasteiger partial charge is 0.0772 e. The first kappa shape index (κ1) is 13.8. The molecule has 0 aliphatic heterocycles. The lowest BCUT2D eigenvalue weighted by Gasteiger charge is -2.05. The van der Waals surface area contributed by atoms with Gasteiger partial charge in [-0.05, 0) is 38.2 Å². The van der Waals surface area contributed by atoms with E-state index in [1.165, 1.54) is 23.1 Å². The molecule has 0 bridgehead atoms. The molecule has 0 radical (unpaired) electrons. The normalized spacial score (nSPS) is 13.2. The van der Waals surface area contributed by atoms with Gasteiger partial charge in [-0.15, -0.1) is 0 Å². The lowest BCUT2D eigenvalue weighted by molar-refractivity contribution is 0.642. The Bertz CT molecular complexity index is 380. The van der Waals surface area contributed by atoms with Crippen molar-refractivity contribution in [1.29, 1.82) is 0 Å². The highest BCUT2D eigenvalue weighted by Gasteiger charge is 1.96. The molecule has 0 atom stereocenters. The maximum Gasteiger partial charge on any atom is -0.00917 e. The van der Waals surface area contributed by atoms with Crippen LogP contribution in [-0.4, -0.2) is 0 Å². The van der Waals surface area contributed by atoms with E-state index in [1.54, 1.807) is 0 Å². The van der Waals surface area contributed by atoms with Crippen molar-refractivity contribution in [1.82, 2.24) is 0 Å². The van der Waals surface area contributed by atoms with Crippen LogP contribution in [0.5, 0.6) is 0 Å². The lowest BCUT2D eigenvalue weighted by atomic mass is 10.0. The molecule has 0 aliphatic rings. The van der Waals surface area contributed by atoms with Crippen LogP contribution in [0.15, 0.2) is 53.6 Å². The molecule has 0 fully saturated rings. The van der Waals surface area contributed by atoms with Gasteiger partial charge in [0.1, 0.15) is 0 Å². The van der Waals surface area contributed by atoms with Crippen molar-refractivity contribution in [3.63, 3.8) is 0 Å². The van der Waals surface area contributed by atoms with Crippen LogP contribution in [0, 0.1) is 5.92 Å². The minimum absolute atomic E-state index is 0.744. The van der Waals surface area contributed by atoms with E-state index in [4.69, 9.17) is 0 Å². The zero-order valence-electron chi connectivity index (χ0n) is 11.5. The zero-order valence-corrected chi connectivity index (χ0v) is 11.5. The predicted molar refractivity (Wildman–Crippen MR) is 77.1 cm³/mol. The second-order valence-electron chi connectivity index (χ2n) is 5.23. The Labute approximate surface area is 106 Å². The van der Waals surface area contributed by atoms with Crippen molar-refractivity contribution in [3.05, 3.63) is 59.2 Å². The van der Waals surface area contributed by atoms with E-state index in [0.29, 0.717) is 0 Å². The lowest BCUT2D eigenvalue weighted by Crippen LogP contribution is -1.88. The molecule has 0 aliphatic carbocycles. The van der Waals surface area contributed by atoms with Crippen molar-refractivity contribution in [2.45, 2.75) is 40.5 Å². The van der Waals surface area contributed by atoms with Crippen LogP contribution in [0.1, 0.15) is 39.7 Å². The third kappa shape index (κ3) is 6.11. The zero-order chi connectivity index (χ0) is 12.7. The number of allylic oxidation sites excluding steroid dienone is 4. The molecule has 1 aromatic rings. The van der Waals surface area contributed by atoms with Gasteiger partial charge < -0.3 is 0 Å². The van der Waals surface area contributed by atoms with E-state index >= 15 is 0 Å². The van der Waals surface area contributed by atoms with E-state index < -0.39 is 0 Å². The van der Waals surface area contributed by atoms with Gasteiger partial charge in [-0.25, -0.2) is 0 Å². The van der Waals surface area contributed by atoms with Gasteiger partial charge >= 0.3 is 0 Å². The summed E-state index contributed by atoms with van der Waals surface area (Å²) in [7, 11) is 0. The molecule has 0 aromatic heterocycles. The van der Waals surface area contributed by atoms with Crippen molar-refractivity contribution in [2.75, 3.05) is 0 Å². The summed E-state index contributed by atoms with van der Waals surface area (Å²) in [5.41, 5.74) is 4.22. The number of hydrogen-bond donors (Lipinski definition) is 0. The summed E-state index contributed by atoms with van der Waals surface area (Å²) in [6.07, 6.45) is 6.83. The first-order valence-electron chi connectivity index (χ1n) is 6.46. The van der Waals surface area contributed by atoms with Crippen LogP contribution in [0.3, 0.4) is 0 Å². The molecule has 0 heteroatoms. The van der Waals surface area contributed by atoms with Crippen LogP contribution < -0.4 is 0 Å². The highest BCUT2D eigenvalue weighted by atomic mass is 14.0. The van der Waals surface area contributed by atoms with Crippen LogP contribution in [0.2, 0.25) is 0 Å². The SMILES string of the molecule is CC(=CCc1ccccc1)C=C(C)CC(C)C.